The number of furan rings is 1. The molecule has 0 aliphatic carbocycles. The van der Waals surface area contributed by atoms with Crippen molar-refractivity contribution in [3.05, 3.63) is 158 Å². The van der Waals surface area contributed by atoms with E-state index >= 15 is 0 Å². The molecule has 0 fully saturated rings. The second-order valence-corrected chi connectivity index (χ2v) is 14.1. The van der Waals surface area contributed by atoms with Crippen LogP contribution >= 0.6 is 11.3 Å². The van der Waals surface area contributed by atoms with E-state index in [2.05, 4.69) is 77.8 Å². The number of rotatable bonds is 5. The highest BCUT2D eigenvalue weighted by molar-refractivity contribution is 7.26. The lowest BCUT2D eigenvalue weighted by atomic mass is 10.0. The van der Waals surface area contributed by atoms with Crippen LogP contribution in [0.1, 0.15) is 0 Å². The van der Waals surface area contributed by atoms with Gasteiger partial charge in [-0.2, -0.15) is 0 Å². The first-order valence-corrected chi connectivity index (χ1v) is 18.2. The summed E-state index contributed by atoms with van der Waals surface area (Å²) in [4.78, 5) is 19.9. The van der Waals surface area contributed by atoms with Crippen molar-refractivity contribution in [2.75, 3.05) is 0 Å². The summed E-state index contributed by atoms with van der Waals surface area (Å²) >= 11 is 1.76. The van der Waals surface area contributed by atoms with E-state index in [1.165, 1.54) is 15.5 Å². The number of hydrogen-bond donors (Lipinski definition) is 0. The van der Waals surface area contributed by atoms with Crippen molar-refractivity contribution in [3.63, 3.8) is 0 Å². The zero-order valence-corrected chi connectivity index (χ0v) is 28.8. The molecule has 0 N–H and O–H groups in total. The maximum absolute atomic E-state index is 6.12. The minimum atomic E-state index is 0.614. The van der Waals surface area contributed by atoms with Crippen molar-refractivity contribution in [2.45, 2.75) is 0 Å². The van der Waals surface area contributed by atoms with Crippen molar-refractivity contribution in [1.82, 2.24) is 19.9 Å². The fourth-order valence-corrected chi connectivity index (χ4v) is 8.35. The van der Waals surface area contributed by atoms with Gasteiger partial charge in [-0.25, -0.2) is 19.9 Å². The van der Waals surface area contributed by atoms with E-state index in [1.54, 1.807) is 11.3 Å². The average Bonchev–Trinajstić information content (AvgIpc) is 3.94. The van der Waals surface area contributed by atoms with Gasteiger partial charge in [-0.05, 0) is 77.9 Å². The predicted molar refractivity (Wildman–Crippen MR) is 215 cm³/mol. The average molecular weight is 699 g/mol. The summed E-state index contributed by atoms with van der Waals surface area (Å²) < 4.78 is 14.5. The SMILES string of the molecule is c1ccc(-c2nc(-c3ccc4oc5ccccc5c4c3)nc(-c3cccc4c3sc3ccc(-c5ccc(-c6nc7ccccc7o6)cc5)cc34)n2)cc1. The van der Waals surface area contributed by atoms with E-state index in [0.29, 0.717) is 23.4 Å². The molecule has 0 bridgehead atoms. The van der Waals surface area contributed by atoms with Gasteiger partial charge in [0.25, 0.3) is 0 Å². The Bertz CT molecular complexity index is 3150. The number of fused-ring (bicyclic) bond motifs is 7. The Balaban J connectivity index is 1.02. The lowest BCUT2D eigenvalue weighted by Gasteiger charge is -2.09. The Morgan fingerprint density at radius 3 is 1.91 bits per heavy atom. The molecular formula is C46H26N4O2S. The fourth-order valence-electron chi connectivity index (χ4n) is 7.16. The molecule has 0 saturated heterocycles. The van der Waals surface area contributed by atoms with Crippen molar-refractivity contribution in [1.29, 1.82) is 0 Å². The van der Waals surface area contributed by atoms with Gasteiger partial charge in [0, 0.05) is 53.2 Å². The van der Waals surface area contributed by atoms with Crippen molar-refractivity contribution < 1.29 is 8.83 Å². The minimum Gasteiger partial charge on any atom is -0.456 e. The topological polar surface area (TPSA) is 77.8 Å². The molecule has 0 aliphatic heterocycles. The summed E-state index contributed by atoms with van der Waals surface area (Å²) in [5.41, 5.74) is 9.36. The molecule has 7 heteroatoms. The van der Waals surface area contributed by atoms with Crippen LogP contribution in [0.25, 0.3) is 110 Å². The molecule has 53 heavy (non-hydrogen) atoms. The number of oxazole rings is 1. The Morgan fingerprint density at radius 1 is 0.377 bits per heavy atom. The van der Waals surface area contributed by atoms with Gasteiger partial charge in [0.1, 0.15) is 16.7 Å². The third-order valence-corrected chi connectivity index (χ3v) is 11.0. The lowest BCUT2D eigenvalue weighted by Crippen LogP contribution is -2.00. The van der Waals surface area contributed by atoms with Crippen molar-refractivity contribution in [2.24, 2.45) is 0 Å². The first kappa shape index (κ1) is 29.7. The van der Waals surface area contributed by atoms with Crippen LogP contribution in [0.3, 0.4) is 0 Å². The molecule has 0 unspecified atom stereocenters. The Labute approximate surface area is 306 Å². The van der Waals surface area contributed by atoms with Gasteiger partial charge < -0.3 is 8.83 Å². The highest BCUT2D eigenvalue weighted by Crippen LogP contribution is 2.42. The summed E-state index contributed by atoms with van der Waals surface area (Å²) in [5.74, 6) is 2.50. The number of thiophene rings is 1. The van der Waals surface area contributed by atoms with Gasteiger partial charge >= 0.3 is 0 Å². The maximum atomic E-state index is 6.12. The van der Waals surface area contributed by atoms with Crippen LogP contribution in [0.15, 0.2) is 167 Å². The van der Waals surface area contributed by atoms with Crippen LogP contribution in [0.5, 0.6) is 0 Å². The maximum Gasteiger partial charge on any atom is 0.227 e. The van der Waals surface area contributed by atoms with Crippen LogP contribution in [0, 0.1) is 0 Å². The summed E-state index contributed by atoms with van der Waals surface area (Å²) in [6.07, 6.45) is 0. The van der Waals surface area contributed by atoms with Gasteiger partial charge in [0.2, 0.25) is 5.89 Å². The van der Waals surface area contributed by atoms with E-state index in [9.17, 15) is 0 Å². The molecule has 0 spiro atoms. The first-order chi connectivity index (χ1) is 26.2. The molecule has 0 amide bonds. The normalized spacial score (nSPS) is 11.8. The zero-order valence-electron chi connectivity index (χ0n) is 28.0. The molecule has 0 radical (unpaired) electrons. The Hall–Kier alpha value is -6.96. The van der Waals surface area contributed by atoms with Gasteiger partial charge in [-0.3, -0.25) is 0 Å². The molecule has 0 atom stereocenters. The monoisotopic (exact) mass is 698 g/mol. The first-order valence-electron chi connectivity index (χ1n) is 17.4. The molecule has 0 aliphatic rings. The molecule has 248 valence electrons. The minimum absolute atomic E-state index is 0.614. The quantitative estimate of drug-likeness (QED) is 0.178. The third-order valence-electron chi connectivity index (χ3n) is 9.80. The number of benzene rings is 7. The van der Waals surface area contributed by atoms with Crippen molar-refractivity contribution in [3.8, 4) is 56.7 Å². The van der Waals surface area contributed by atoms with Crippen LogP contribution in [0.2, 0.25) is 0 Å². The molecule has 11 aromatic rings. The second-order valence-electron chi connectivity index (χ2n) is 13.0. The molecule has 0 saturated carbocycles. The molecule has 4 heterocycles. The highest BCUT2D eigenvalue weighted by atomic mass is 32.1. The number of para-hydroxylation sites is 3. The largest absolute Gasteiger partial charge is 0.456 e. The predicted octanol–water partition coefficient (Wildman–Crippen LogP) is 12.6. The summed E-state index contributed by atoms with van der Waals surface area (Å²) in [6, 6.07) is 53.7. The smallest absolute Gasteiger partial charge is 0.227 e. The zero-order chi connectivity index (χ0) is 34.9. The van der Waals surface area contributed by atoms with Crippen LogP contribution < -0.4 is 0 Å². The van der Waals surface area contributed by atoms with E-state index in [0.717, 1.165) is 71.1 Å². The lowest BCUT2D eigenvalue weighted by molar-refractivity contribution is 0.620. The standard InChI is InChI=1S/C46H26N4O2S/c1-2-9-28(10-3-1)43-48-44(31-21-23-39-35(26-31)32-11-4-6-15-38(32)51-39)50-45(49-43)34-13-8-12-33-36-25-30(22-24-41(36)53-42(33)34)27-17-19-29(20-18-27)46-47-37-14-5-7-16-40(37)52-46/h1-26H. The van der Waals surface area contributed by atoms with E-state index in [4.69, 9.17) is 23.8 Å². The molecule has 7 aromatic carbocycles. The second kappa shape index (κ2) is 11.8. The number of aromatic nitrogens is 4. The van der Waals surface area contributed by atoms with Crippen LogP contribution in [0.4, 0.5) is 0 Å². The number of nitrogens with zero attached hydrogens (tertiary/aromatic N) is 4. The van der Waals surface area contributed by atoms with E-state index in [-0.39, 0.29) is 0 Å². The fraction of sp³-hybridized carbons (Fsp3) is 0. The number of hydrogen-bond acceptors (Lipinski definition) is 7. The van der Waals surface area contributed by atoms with Crippen molar-refractivity contribution >= 4 is 64.5 Å². The van der Waals surface area contributed by atoms with E-state index < -0.39 is 0 Å². The van der Waals surface area contributed by atoms with E-state index in [1.807, 2.05) is 84.9 Å². The van der Waals surface area contributed by atoms with Gasteiger partial charge in [0.05, 0.1) is 0 Å². The summed E-state index contributed by atoms with van der Waals surface area (Å²) in [7, 11) is 0. The van der Waals surface area contributed by atoms with Gasteiger partial charge in [-0.15, -0.1) is 11.3 Å². The highest BCUT2D eigenvalue weighted by Gasteiger charge is 2.18. The Kier molecular flexibility index (Phi) is 6.62. The summed E-state index contributed by atoms with van der Waals surface area (Å²) in [5, 5.41) is 4.46. The van der Waals surface area contributed by atoms with Crippen LogP contribution in [-0.2, 0) is 0 Å². The molecule has 11 rings (SSSR count). The van der Waals surface area contributed by atoms with Crippen LogP contribution in [-0.4, -0.2) is 19.9 Å². The third kappa shape index (κ3) is 5.01. The van der Waals surface area contributed by atoms with Gasteiger partial charge in [-0.1, -0.05) is 91.0 Å². The molecule has 6 nitrogen and oxygen atoms in total. The summed E-state index contributed by atoms with van der Waals surface area (Å²) in [6.45, 7) is 0. The molecule has 4 aromatic heterocycles. The Morgan fingerprint density at radius 2 is 1.04 bits per heavy atom. The molecular weight excluding hydrogens is 673 g/mol. The van der Waals surface area contributed by atoms with Gasteiger partial charge in [0.15, 0.2) is 23.1 Å².